The van der Waals surface area contributed by atoms with Gasteiger partial charge in [0.15, 0.2) is 0 Å². The molecule has 118 valence electrons. The lowest BCUT2D eigenvalue weighted by molar-refractivity contribution is 0.1000. The van der Waals surface area contributed by atoms with Crippen LogP contribution in [0.5, 0.6) is 0 Å². The van der Waals surface area contributed by atoms with Gasteiger partial charge in [-0.2, -0.15) is 11.8 Å². The van der Waals surface area contributed by atoms with Crippen molar-refractivity contribution in [2.45, 2.75) is 50.3 Å². The Balaban J connectivity index is 1.93. The second kappa shape index (κ2) is 7.66. The molecule has 1 heterocycles. The van der Waals surface area contributed by atoms with E-state index in [0.717, 1.165) is 24.2 Å². The Morgan fingerprint density at radius 3 is 2.33 bits per heavy atom. The van der Waals surface area contributed by atoms with E-state index in [1.165, 1.54) is 24.0 Å². The normalized spacial score (nSPS) is 18.7. The summed E-state index contributed by atoms with van der Waals surface area (Å²) >= 11 is 2.09. The smallest absolute Gasteiger partial charge is 0.0476 e. The van der Waals surface area contributed by atoms with E-state index >= 15 is 0 Å². The van der Waals surface area contributed by atoms with E-state index in [2.05, 4.69) is 69.2 Å². The first-order chi connectivity index (χ1) is 10.0. The Hall–Kier alpha value is -0.510. The van der Waals surface area contributed by atoms with Gasteiger partial charge in [0.05, 0.1) is 0 Å². The van der Waals surface area contributed by atoms with Crippen LogP contribution in [0.25, 0.3) is 0 Å². The van der Waals surface area contributed by atoms with Crippen molar-refractivity contribution in [3.63, 3.8) is 0 Å². The van der Waals surface area contributed by atoms with Crippen molar-refractivity contribution < 1.29 is 4.74 Å². The second-order valence-corrected chi connectivity index (χ2v) is 8.19. The Morgan fingerprint density at radius 2 is 1.81 bits per heavy atom. The summed E-state index contributed by atoms with van der Waals surface area (Å²) in [5, 5.41) is 4.23. The van der Waals surface area contributed by atoms with E-state index in [9.17, 15) is 0 Å². The molecule has 1 aromatic carbocycles. The third-order valence-electron chi connectivity index (χ3n) is 4.19. The molecular weight excluding hydrogens is 278 g/mol. The van der Waals surface area contributed by atoms with Crippen LogP contribution in [0.2, 0.25) is 0 Å². The van der Waals surface area contributed by atoms with Crippen molar-refractivity contribution in [1.82, 2.24) is 5.32 Å². The number of hydrogen-bond acceptors (Lipinski definition) is 3. The molecule has 21 heavy (non-hydrogen) atoms. The predicted molar refractivity (Wildman–Crippen MR) is 93.2 cm³/mol. The van der Waals surface area contributed by atoms with E-state index < -0.39 is 0 Å². The van der Waals surface area contributed by atoms with Crippen LogP contribution in [0, 0.1) is 0 Å². The zero-order valence-electron chi connectivity index (χ0n) is 13.8. The molecule has 2 rings (SSSR count). The Labute approximate surface area is 134 Å². The van der Waals surface area contributed by atoms with E-state index in [1.807, 2.05) is 0 Å². The monoisotopic (exact) mass is 307 g/mol. The molecule has 0 aliphatic carbocycles. The van der Waals surface area contributed by atoms with Gasteiger partial charge in [-0.15, -0.1) is 0 Å². The molecule has 3 heteroatoms. The number of hydrogen-bond donors (Lipinski definition) is 1. The molecule has 1 saturated heterocycles. The molecule has 0 spiro atoms. The van der Waals surface area contributed by atoms with Gasteiger partial charge in [-0.3, -0.25) is 0 Å². The summed E-state index contributed by atoms with van der Waals surface area (Å²) in [6.07, 6.45) is 2.40. The summed E-state index contributed by atoms with van der Waals surface area (Å²) in [7, 11) is 2.06. The standard InChI is InChI=1S/C18H29NOS/c1-18(2,3)15-7-5-14(6-8-15)17(19-4)13-21-16-9-11-20-12-10-16/h5-8,16-17,19H,9-13H2,1-4H3. The zero-order valence-corrected chi connectivity index (χ0v) is 14.6. The maximum absolute atomic E-state index is 5.43. The number of rotatable bonds is 5. The van der Waals surface area contributed by atoms with Gasteiger partial charge in [-0.1, -0.05) is 45.0 Å². The van der Waals surface area contributed by atoms with E-state index in [4.69, 9.17) is 4.74 Å². The average Bonchev–Trinajstić information content (AvgIpc) is 2.48. The zero-order chi connectivity index (χ0) is 15.3. The fourth-order valence-corrected chi connectivity index (χ4v) is 3.99. The highest BCUT2D eigenvalue weighted by atomic mass is 32.2. The highest BCUT2D eigenvalue weighted by Crippen LogP contribution is 2.28. The molecular formula is C18H29NOS. The van der Waals surface area contributed by atoms with Crippen molar-refractivity contribution in [3.8, 4) is 0 Å². The minimum Gasteiger partial charge on any atom is -0.381 e. The minimum atomic E-state index is 0.227. The fourth-order valence-electron chi connectivity index (χ4n) is 2.64. The molecule has 0 saturated carbocycles. The van der Waals surface area contributed by atoms with Crippen LogP contribution in [0.4, 0.5) is 0 Å². The van der Waals surface area contributed by atoms with Crippen molar-refractivity contribution in [2.24, 2.45) is 0 Å². The topological polar surface area (TPSA) is 21.3 Å². The summed E-state index contributed by atoms with van der Waals surface area (Å²) in [5.41, 5.74) is 3.02. The summed E-state index contributed by atoms with van der Waals surface area (Å²) < 4.78 is 5.43. The first-order valence-corrected chi connectivity index (χ1v) is 9.02. The maximum atomic E-state index is 5.43. The molecule has 0 radical (unpaired) electrons. The number of ether oxygens (including phenoxy) is 1. The molecule has 0 aromatic heterocycles. The molecule has 1 fully saturated rings. The number of nitrogens with one attached hydrogen (secondary N) is 1. The summed E-state index contributed by atoms with van der Waals surface area (Å²) in [4.78, 5) is 0. The average molecular weight is 308 g/mol. The molecule has 1 atom stereocenters. The van der Waals surface area contributed by atoms with Gasteiger partial charge in [0.25, 0.3) is 0 Å². The quantitative estimate of drug-likeness (QED) is 0.882. The third kappa shape index (κ3) is 5.01. The highest BCUT2D eigenvalue weighted by Gasteiger charge is 2.18. The van der Waals surface area contributed by atoms with Crippen LogP contribution in [-0.4, -0.2) is 31.3 Å². The predicted octanol–water partition coefficient (Wildman–Crippen LogP) is 4.16. The number of thioether (sulfide) groups is 1. The van der Waals surface area contributed by atoms with Crippen molar-refractivity contribution in [2.75, 3.05) is 26.0 Å². The summed E-state index contributed by atoms with van der Waals surface area (Å²) in [5.74, 6) is 1.13. The molecule has 1 aromatic rings. The van der Waals surface area contributed by atoms with Crippen LogP contribution in [0.1, 0.15) is 50.8 Å². The summed E-state index contributed by atoms with van der Waals surface area (Å²) in [6.45, 7) is 8.65. The molecule has 1 unspecified atom stereocenters. The Kier molecular flexibility index (Phi) is 6.15. The van der Waals surface area contributed by atoms with Gasteiger partial charge in [0.2, 0.25) is 0 Å². The largest absolute Gasteiger partial charge is 0.381 e. The maximum Gasteiger partial charge on any atom is 0.0476 e. The van der Waals surface area contributed by atoms with Crippen molar-refractivity contribution >= 4 is 11.8 Å². The first kappa shape index (κ1) is 16.9. The van der Waals surface area contributed by atoms with Crippen LogP contribution >= 0.6 is 11.8 Å². The van der Waals surface area contributed by atoms with Gasteiger partial charge in [0.1, 0.15) is 0 Å². The van der Waals surface area contributed by atoms with Gasteiger partial charge in [-0.05, 0) is 36.4 Å². The molecule has 1 aliphatic rings. The van der Waals surface area contributed by atoms with Gasteiger partial charge >= 0.3 is 0 Å². The molecule has 0 amide bonds. The van der Waals surface area contributed by atoms with E-state index in [1.54, 1.807) is 0 Å². The van der Waals surface area contributed by atoms with E-state index in [0.29, 0.717) is 6.04 Å². The van der Waals surface area contributed by atoms with Crippen molar-refractivity contribution in [1.29, 1.82) is 0 Å². The van der Waals surface area contributed by atoms with Crippen LogP contribution < -0.4 is 5.32 Å². The van der Waals surface area contributed by atoms with Crippen LogP contribution in [-0.2, 0) is 10.2 Å². The lowest BCUT2D eigenvalue weighted by atomic mass is 9.86. The van der Waals surface area contributed by atoms with Gasteiger partial charge in [-0.25, -0.2) is 0 Å². The first-order valence-electron chi connectivity index (χ1n) is 7.98. The van der Waals surface area contributed by atoms with E-state index in [-0.39, 0.29) is 5.41 Å². The highest BCUT2D eigenvalue weighted by molar-refractivity contribution is 7.99. The molecule has 1 aliphatic heterocycles. The SMILES string of the molecule is CNC(CSC1CCOCC1)c1ccc(C(C)(C)C)cc1. The molecule has 2 nitrogen and oxygen atoms in total. The second-order valence-electron chi connectivity index (χ2n) is 6.86. The Bertz CT molecular complexity index is 418. The number of benzene rings is 1. The van der Waals surface area contributed by atoms with Crippen molar-refractivity contribution in [3.05, 3.63) is 35.4 Å². The lowest BCUT2D eigenvalue weighted by Crippen LogP contribution is -2.23. The van der Waals surface area contributed by atoms with Gasteiger partial charge < -0.3 is 10.1 Å². The summed E-state index contributed by atoms with van der Waals surface area (Å²) in [6, 6.07) is 9.56. The third-order valence-corrected chi connectivity index (χ3v) is 5.66. The van der Waals surface area contributed by atoms with Gasteiger partial charge in [0, 0.05) is 30.3 Å². The van der Waals surface area contributed by atoms with Crippen LogP contribution in [0.3, 0.4) is 0 Å². The van der Waals surface area contributed by atoms with Crippen LogP contribution in [0.15, 0.2) is 24.3 Å². The molecule has 1 N–H and O–H groups in total. The molecule has 0 bridgehead atoms. The lowest BCUT2D eigenvalue weighted by Gasteiger charge is -2.25. The fraction of sp³-hybridized carbons (Fsp3) is 0.667. The Morgan fingerprint density at radius 1 is 1.19 bits per heavy atom. The minimum absolute atomic E-state index is 0.227.